The molecular weight excluding hydrogens is 451 g/mol. The van der Waals surface area contributed by atoms with Crippen molar-refractivity contribution in [2.24, 2.45) is 0 Å². The summed E-state index contributed by atoms with van der Waals surface area (Å²) >= 11 is 5.38. The molecule has 1 N–H and O–H groups in total. The molecule has 0 aliphatic heterocycles. The number of aryl methyl sites for hydroxylation is 3. The van der Waals surface area contributed by atoms with E-state index in [0.29, 0.717) is 22.8 Å². The Morgan fingerprint density at radius 2 is 1.94 bits per heavy atom. The van der Waals surface area contributed by atoms with Crippen LogP contribution in [0.4, 0.5) is 4.39 Å². The predicted octanol–water partition coefficient (Wildman–Crippen LogP) is 5.70. The van der Waals surface area contributed by atoms with Gasteiger partial charge in [0, 0.05) is 0 Å². The number of aromatic nitrogens is 2. The standard InChI is InChI=1S/C26H27FN4O2S/c1-15-8-9-20(16(2)12-15)14-31(18(4)34)30-25(32)22-13-17(3)28-29-26(22)33-23-7-5-6-21(24(23)27)19-10-11-19/h5-9,12-13,19H,10-11,14H2,1-4H3,(H,30,32). The molecule has 34 heavy (non-hydrogen) atoms. The van der Waals surface area contributed by atoms with Crippen molar-refractivity contribution in [3.63, 3.8) is 0 Å². The Morgan fingerprint density at radius 1 is 1.18 bits per heavy atom. The van der Waals surface area contributed by atoms with E-state index in [-0.39, 0.29) is 23.1 Å². The molecule has 0 spiro atoms. The molecule has 1 aliphatic carbocycles. The summed E-state index contributed by atoms with van der Waals surface area (Å²) < 4.78 is 20.8. The van der Waals surface area contributed by atoms with Gasteiger partial charge in [-0.15, -0.1) is 5.10 Å². The number of thiocarbonyl (C=S) groups is 1. The van der Waals surface area contributed by atoms with Gasteiger partial charge in [-0.25, -0.2) is 4.39 Å². The molecule has 8 heteroatoms. The van der Waals surface area contributed by atoms with Crippen molar-refractivity contribution in [2.75, 3.05) is 0 Å². The minimum Gasteiger partial charge on any atom is -0.434 e. The average Bonchev–Trinajstić information content (AvgIpc) is 3.62. The second-order valence-electron chi connectivity index (χ2n) is 8.72. The Labute approximate surface area is 204 Å². The fraction of sp³-hybridized carbons (Fsp3) is 0.308. The molecule has 1 amide bonds. The number of ether oxygens (including phenoxy) is 1. The zero-order valence-electron chi connectivity index (χ0n) is 19.7. The lowest BCUT2D eigenvalue weighted by molar-refractivity contribution is 0.0862. The van der Waals surface area contributed by atoms with Gasteiger partial charge in [-0.3, -0.25) is 15.2 Å². The molecule has 0 saturated heterocycles. The molecule has 6 nitrogen and oxygen atoms in total. The van der Waals surface area contributed by atoms with E-state index in [1.807, 2.05) is 26.0 Å². The maximum atomic E-state index is 15.0. The summed E-state index contributed by atoms with van der Waals surface area (Å²) in [6.45, 7) is 7.92. The van der Waals surface area contributed by atoms with Crippen LogP contribution in [0.3, 0.4) is 0 Å². The molecule has 176 valence electrons. The van der Waals surface area contributed by atoms with Gasteiger partial charge >= 0.3 is 0 Å². The predicted molar refractivity (Wildman–Crippen MR) is 132 cm³/mol. The SMILES string of the molecule is CC(=S)N(Cc1ccc(C)cc1C)NC(=O)c1cc(C)nnc1Oc1cccc(C2CC2)c1F. The Hall–Kier alpha value is -3.39. The number of rotatable bonds is 6. The monoisotopic (exact) mass is 478 g/mol. The van der Waals surface area contributed by atoms with Gasteiger partial charge in [-0.1, -0.05) is 48.1 Å². The molecule has 0 unspecified atom stereocenters. The van der Waals surface area contributed by atoms with Gasteiger partial charge < -0.3 is 4.74 Å². The third-order valence-corrected chi connectivity index (χ3v) is 6.01. The van der Waals surface area contributed by atoms with Crippen LogP contribution in [0.25, 0.3) is 0 Å². The Morgan fingerprint density at radius 3 is 2.62 bits per heavy atom. The number of amides is 1. The molecule has 0 radical (unpaired) electrons. The van der Waals surface area contributed by atoms with Crippen molar-refractivity contribution in [2.45, 2.75) is 53.0 Å². The van der Waals surface area contributed by atoms with Gasteiger partial charge in [0.15, 0.2) is 11.6 Å². The molecule has 2 aromatic carbocycles. The van der Waals surface area contributed by atoms with E-state index < -0.39 is 11.7 Å². The average molecular weight is 479 g/mol. The summed E-state index contributed by atoms with van der Waals surface area (Å²) in [5.41, 5.74) is 7.44. The normalized spacial score (nSPS) is 12.9. The lowest BCUT2D eigenvalue weighted by Crippen LogP contribution is -2.44. The topological polar surface area (TPSA) is 67.4 Å². The number of hydrogen-bond donors (Lipinski definition) is 1. The number of halogens is 1. The Balaban J connectivity index is 1.58. The number of carbonyl (C=O) groups is 1. The molecule has 1 fully saturated rings. The van der Waals surface area contributed by atoms with Crippen LogP contribution < -0.4 is 10.2 Å². The van der Waals surface area contributed by atoms with Gasteiger partial charge in [0.2, 0.25) is 0 Å². The van der Waals surface area contributed by atoms with E-state index in [2.05, 4.69) is 21.7 Å². The van der Waals surface area contributed by atoms with Gasteiger partial charge in [-0.2, -0.15) is 5.10 Å². The zero-order chi connectivity index (χ0) is 24.4. The molecule has 0 bridgehead atoms. The first-order chi connectivity index (χ1) is 16.2. The van der Waals surface area contributed by atoms with Crippen molar-refractivity contribution in [1.82, 2.24) is 20.6 Å². The second kappa shape index (κ2) is 9.85. The van der Waals surface area contributed by atoms with Gasteiger partial charge in [-0.05, 0) is 75.3 Å². The molecule has 4 rings (SSSR count). The third kappa shape index (κ3) is 5.39. The number of benzene rings is 2. The molecule has 3 aromatic rings. The summed E-state index contributed by atoms with van der Waals surface area (Å²) in [6.07, 6.45) is 1.93. The summed E-state index contributed by atoms with van der Waals surface area (Å²) in [4.78, 5) is 13.8. The molecule has 1 aromatic heterocycles. The van der Waals surface area contributed by atoms with Crippen molar-refractivity contribution >= 4 is 23.1 Å². The largest absolute Gasteiger partial charge is 0.434 e. The number of hydrazine groups is 1. The highest BCUT2D eigenvalue weighted by molar-refractivity contribution is 7.80. The van der Waals surface area contributed by atoms with Crippen LogP contribution >= 0.6 is 12.2 Å². The molecule has 1 heterocycles. The number of carbonyl (C=O) groups excluding carboxylic acids is 1. The van der Waals surface area contributed by atoms with E-state index in [9.17, 15) is 9.18 Å². The minimum atomic E-state index is -0.472. The Kier molecular flexibility index (Phi) is 6.88. The van der Waals surface area contributed by atoms with E-state index in [0.717, 1.165) is 29.5 Å². The Bertz CT molecular complexity index is 1260. The fourth-order valence-corrected chi connectivity index (χ4v) is 3.85. The first-order valence-electron chi connectivity index (χ1n) is 11.2. The lowest BCUT2D eigenvalue weighted by atomic mass is 10.1. The summed E-state index contributed by atoms with van der Waals surface area (Å²) in [5.74, 6) is -0.719. The smallest absolute Gasteiger partial charge is 0.275 e. The van der Waals surface area contributed by atoms with E-state index in [1.54, 1.807) is 37.1 Å². The van der Waals surface area contributed by atoms with Gasteiger partial charge in [0.1, 0.15) is 5.56 Å². The quantitative estimate of drug-likeness (QED) is 0.362. The van der Waals surface area contributed by atoms with Crippen LogP contribution in [0.2, 0.25) is 0 Å². The van der Waals surface area contributed by atoms with Crippen LogP contribution in [0, 0.1) is 26.6 Å². The summed E-state index contributed by atoms with van der Waals surface area (Å²) in [5, 5.41) is 9.64. The molecule has 0 atom stereocenters. The van der Waals surface area contributed by atoms with Crippen LogP contribution in [0.15, 0.2) is 42.5 Å². The van der Waals surface area contributed by atoms with E-state index in [1.165, 1.54) is 6.07 Å². The highest BCUT2D eigenvalue weighted by Gasteiger charge is 2.28. The van der Waals surface area contributed by atoms with Gasteiger partial charge in [0.05, 0.1) is 17.2 Å². The van der Waals surface area contributed by atoms with Gasteiger partial charge in [0.25, 0.3) is 11.8 Å². The van der Waals surface area contributed by atoms with Crippen LogP contribution in [0.1, 0.15) is 64.0 Å². The zero-order valence-corrected chi connectivity index (χ0v) is 20.5. The first kappa shape index (κ1) is 23.8. The number of hydrogen-bond acceptors (Lipinski definition) is 5. The summed E-state index contributed by atoms with van der Waals surface area (Å²) in [6, 6.07) is 12.7. The fourth-order valence-electron chi connectivity index (χ4n) is 3.74. The van der Waals surface area contributed by atoms with Crippen molar-refractivity contribution in [1.29, 1.82) is 0 Å². The van der Waals surface area contributed by atoms with Crippen molar-refractivity contribution in [3.8, 4) is 11.6 Å². The maximum absolute atomic E-state index is 15.0. The van der Waals surface area contributed by atoms with Crippen LogP contribution in [0.5, 0.6) is 11.6 Å². The van der Waals surface area contributed by atoms with Crippen molar-refractivity contribution in [3.05, 3.63) is 81.8 Å². The molecular formula is C26H27FN4O2S. The van der Waals surface area contributed by atoms with Crippen LogP contribution in [-0.2, 0) is 6.54 Å². The van der Waals surface area contributed by atoms with E-state index in [4.69, 9.17) is 17.0 Å². The van der Waals surface area contributed by atoms with E-state index >= 15 is 0 Å². The molecule has 1 aliphatic rings. The third-order valence-electron chi connectivity index (χ3n) is 5.79. The maximum Gasteiger partial charge on any atom is 0.275 e. The summed E-state index contributed by atoms with van der Waals surface area (Å²) in [7, 11) is 0. The second-order valence-corrected chi connectivity index (χ2v) is 9.31. The first-order valence-corrected chi connectivity index (χ1v) is 11.6. The highest BCUT2D eigenvalue weighted by atomic mass is 32.1. The lowest BCUT2D eigenvalue weighted by Gasteiger charge is -2.25. The number of nitrogens with one attached hydrogen (secondary N) is 1. The highest BCUT2D eigenvalue weighted by Crippen LogP contribution is 2.43. The van der Waals surface area contributed by atoms with Crippen LogP contribution in [-0.4, -0.2) is 26.1 Å². The molecule has 1 saturated carbocycles. The van der Waals surface area contributed by atoms with Crippen molar-refractivity contribution < 1.29 is 13.9 Å². The minimum absolute atomic E-state index is 0.0229. The number of nitrogens with zero attached hydrogens (tertiary/aromatic N) is 3.